The molecule has 0 aliphatic carbocycles. The van der Waals surface area contributed by atoms with Gasteiger partial charge in [-0.3, -0.25) is 34.2 Å². The van der Waals surface area contributed by atoms with Crippen LogP contribution >= 0.6 is 11.8 Å². The number of ether oxygens (including phenoxy) is 4. The highest BCUT2D eigenvalue weighted by Gasteiger charge is 2.38. The Morgan fingerprint density at radius 1 is 0.772 bits per heavy atom. The van der Waals surface area contributed by atoms with Crippen LogP contribution in [0.3, 0.4) is 0 Å². The number of hydrogen-bond acceptors (Lipinski definition) is 10. The number of fused-ring (bicyclic) bond motifs is 8. The highest BCUT2D eigenvalue weighted by atomic mass is 32.2. The Morgan fingerprint density at radius 3 is 1.91 bits per heavy atom. The Balaban J connectivity index is 0.915. The maximum absolute atomic E-state index is 14.2. The van der Waals surface area contributed by atoms with Gasteiger partial charge in [0.25, 0.3) is 11.8 Å². The zero-order valence-corrected chi connectivity index (χ0v) is 33.5. The smallest absolute Gasteiger partial charge is 0.261 e. The number of amides is 3. The van der Waals surface area contributed by atoms with E-state index in [0.717, 1.165) is 28.9 Å². The zero-order valence-electron chi connectivity index (χ0n) is 32.7. The number of thioether (sulfide) groups is 1. The van der Waals surface area contributed by atoms with Crippen molar-refractivity contribution < 1.29 is 33.3 Å². The number of carbonyl (C=O) groups excluding carboxylic acids is 3. The first kappa shape index (κ1) is 38.1. The molecule has 1 N–H and O–H groups in total. The van der Waals surface area contributed by atoms with Crippen molar-refractivity contribution in [2.45, 2.75) is 62.8 Å². The molecule has 2 atom stereocenters. The quantitative estimate of drug-likeness (QED) is 0.135. The van der Waals surface area contributed by atoms with E-state index in [9.17, 15) is 14.4 Å². The fourth-order valence-corrected chi connectivity index (χ4v) is 7.97. The minimum absolute atomic E-state index is 0.0129. The van der Waals surface area contributed by atoms with Crippen molar-refractivity contribution in [1.29, 1.82) is 0 Å². The first-order valence-corrected chi connectivity index (χ1v) is 20.3. The standard InChI is InChI=1S/C44H45N5O7S/c1-44(2,57-5)14-13-41(50)47-28-12-11-27-18-30-25-46-34-23-40(38(54-4)21-32(34)43(52)49(30)36(27)19-28)56-16-8-15-55-39-22-33-31(20-37(39)53-3)42(51)48-29(24-45-33)17-26-9-6-7-10-35(26)48/h6-7,9-12,19-25,29-30H,8,13-18H2,1-5H3,(H,47,50)/t29-,30-/m0/s1. The second-order valence-electron chi connectivity index (χ2n) is 15.0. The van der Waals surface area contributed by atoms with E-state index in [-0.39, 0.29) is 41.2 Å². The number of anilines is 3. The summed E-state index contributed by atoms with van der Waals surface area (Å²) < 4.78 is 23.6. The number of methoxy groups -OCH3 is 2. The average Bonchev–Trinajstić information content (AvgIpc) is 3.70. The summed E-state index contributed by atoms with van der Waals surface area (Å²) in [6.07, 6.45) is 8.68. The van der Waals surface area contributed by atoms with E-state index >= 15 is 0 Å². The summed E-state index contributed by atoms with van der Waals surface area (Å²) in [6.45, 7) is 4.85. The van der Waals surface area contributed by atoms with Crippen molar-refractivity contribution in [3.8, 4) is 23.0 Å². The van der Waals surface area contributed by atoms with E-state index in [1.807, 2.05) is 48.7 Å². The Labute approximate surface area is 336 Å². The van der Waals surface area contributed by atoms with Crippen molar-refractivity contribution in [3.63, 3.8) is 0 Å². The van der Waals surface area contributed by atoms with Crippen LogP contribution in [0.15, 0.2) is 76.7 Å². The molecule has 0 bridgehead atoms. The predicted molar refractivity (Wildman–Crippen MR) is 225 cm³/mol. The molecule has 0 aromatic heterocycles. The van der Waals surface area contributed by atoms with Gasteiger partial charge in [0.1, 0.15) is 0 Å². The summed E-state index contributed by atoms with van der Waals surface area (Å²) >= 11 is 1.74. The monoisotopic (exact) mass is 787 g/mol. The van der Waals surface area contributed by atoms with Crippen LogP contribution in [0.1, 0.15) is 65.0 Å². The van der Waals surface area contributed by atoms with Crippen LogP contribution in [-0.2, 0) is 17.6 Å². The molecular weight excluding hydrogens is 743 g/mol. The summed E-state index contributed by atoms with van der Waals surface area (Å²) in [5, 5.41) is 3.02. The zero-order chi connectivity index (χ0) is 39.8. The molecule has 4 heterocycles. The number of aliphatic imine (C=N–C) groups is 2. The van der Waals surface area contributed by atoms with Gasteiger partial charge in [-0.25, -0.2) is 0 Å². The molecule has 0 saturated heterocycles. The fourth-order valence-electron chi connectivity index (χ4n) is 7.66. The normalized spacial score (nSPS) is 17.4. The molecule has 8 rings (SSSR count). The molecule has 57 heavy (non-hydrogen) atoms. The van der Waals surface area contributed by atoms with E-state index in [2.05, 4.69) is 25.4 Å². The number of nitrogens with zero attached hydrogens (tertiary/aromatic N) is 4. The first-order valence-electron chi connectivity index (χ1n) is 19.1. The van der Waals surface area contributed by atoms with Crippen LogP contribution in [0.2, 0.25) is 0 Å². The average molecular weight is 788 g/mol. The van der Waals surface area contributed by atoms with E-state index < -0.39 is 0 Å². The van der Waals surface area contributed by atoms with E-state index in [0.29, 0.717) is 83.5 Å². The van der Waals surface area contributed by atoms with Crippen LogP contribution in [0.25, 0.3) is 0 Å². The Hall–Kier alpha value is -5.82. The number of para-hydroxylation sites is 1. The number of nitrogens with one attached hydrogen (secondary N) is 1. The molecule has 4 aliphatic heterocycles. The van der Waals surface area contributed by atoms with Gasteiger partial charge >= 0.3 is 0 Å². The van der Waals surface area contributed by atoms with Crippen LogP contribution < -0.4 is 34.1 Å². The highest BCUT2D eigenvalue weighted by Crippen LogP contribution is 2.43. The van der Waals surface area contributed by atoms with Crippen molar-refractivity contribution in [2.24, 2.45) is 9.98 Å². The van der Waals surface area contributed by atoms with Gasteiger partial charge in [-0.15, -0.1) is 0 Å². The van der Waals surface area contributed by atoms with Gasteiger partial charge in [0, 0.05) is 66.4 Å². The molecule has 13 heteroatoms. The molecule has 4 aliphatic rings. The van der Waals surface area contributed by atoms with Crippen molar-refractivity contribution >= 4 is 70.3 Å². The molecule has 0 unspecified atom stereocenters. The SMILES string of the molecule is COc1cc2c(cc1OCCCOc1cc3c(cc1OC)C(=O)N1c4cc(NC(=O)CCC(C)(C)SC)ccc4C[C@H]1C=N3)N=C[C@@H]1Cc3ccccc3N1C2=O. The molecule has 12 nitrogen and oxygen atoms in total. The summed E-state index contributed by atoms with van der Waals surface area (Å²) in [4.78, 5) is 53.7. The van der Waals surface area contributed by atoms with Gasteiger partial charge in [0.15, 0.2) is 23.0 Å². The molecule has 0 fully saturated rings. The predicted octanol–water partition coefficient (Wildman–Crippen LogP) is 7.99. The summed E-state index contributed by atoms with van der Waals surface area (Å²) in [5.74, 6) is 1.38. The lowest BCUT2D eigenvalue weighted by molar-refractivity contribution is -0.116. The summed E-state index contributed by atoms with van der Waals surface area (Å²) in [6, 6.07) is 20.1. The van der Waals surface area contributed by atoms with Crippen LogP contribution in [0.4, 0.5) is 28.4 Å². The second-order valence-corrected chi connectivity index (χ2v) is 16.5. The summed E-state index contributed by atoms with van der Waals surface area (Å²) in [7, 11) is 3.08. The lowest BCUT2D eigenvalue weighted by Gasteiger charge is -2.23. The Kier molecular flexibility index (Phi) is 10.4. The van der Waals surface area contributed by atoms with Crippen molar-refractivity contribution in [2.75, 3.05) is 48.8 Å². The molecule has 0 saturated carbocycles. The first-order chi connectivity index (χ1) is 27.6. The third-order valence-electron chi connectivity index (χ3n) is 10.9. The van der Waals surface area contributed by atoms with Gasteiger partial charge in [0.05, 0.1) is 67.7 Å². The number of hydrogen-bond donors (Lipinski definition) is 1. The van der Waals surface area contributed by atoms with Gasteiger partial charge < -0.3 is 24.3 Å². The number of carbonyl (C=O) groups is 3. The van der Waals surface area contributed by atoms with E-state index in [1.54, 1.807) is 59.2 Å². The second kappa shape index (κ2) is 15.6. The van der Waals surface area contributed by atoms with Crippen molar-refractivity contribution in [1.82, 2.24) is 0 Å². The molecule has 3 amide bonds. The molecule has 0 radical (unpaired) electrons. The van der Waals surface area contributed by atoms with Crippen LogP contribution in [-0.4, -0.2) is 80.7 Å². The lowest BCUT2D eigenvalue weighted by atomic mass is 10.1. The number of benzene rings is 4. The number of rotatable bonds is 13. The highest BCUT2D eigenvalue weighted by molar-refractivity contribution is 7.99. The minimum Gasteiger partial charge on any atom is -0.493 e. The van der Waals surface area contributed by atoms with E-state index in [4.69, 9.17) is 28.9 Å². The molecule has 4 aromatic carbocycles. The van der Waals surface area contributed by atoms with Gasteiger partial charge in [-0.05, 0) is 54.1 Å². The Bertz CT molecular complexity index is 2320. The third-order valence-corrected chi connectivity index (χ3v) is 12.3. The van der Waals surface area contributed by atoms with E-state index in [1.165, 1.54) is 7.11 Å². The molecule has 294 valence electrons. The largest absolute Gasteiger partial charge is 0.493 e. The Morgan fingerprint density at radius 2 is 1.33 bits per heavy atom. The van der Waals surface area contributed by atoms with Crippen LogP contribution in [0, 0.1) is 0 Å². The molecular formula is C44H45N5O7S. The molecule has 0 spiro atoms. The van der Waals surface area contributed by atoms with Crippen LogP contribution in [0.5, 0.6) is 23.0 Å². The lowest BCUT2D eigenvalue weighted by Crippen LogP contribution is -2.37. The van der Waals surface area contributed by atoms with Gasteiger partial charge in [-0.1, -0.05) is 38.1 Å². The third kappa shape index (κ3) is 7.43. The maximum Gasteiger partial charge on any atom is 0.261 e. The fraction of sp³-hybridized carbons (Fsp3) is 0.341. The van der Waals surface area contributed by atoms with Gasteiger partial charge in [-0.2, -0.15) is 11.8 Å². The van der Waals surface area contributed by atoms with Crippen molar-refractivity contribution in [3.05, 3.63) is 89.0 Å². The minimum atomic E-state index is -0.275. The summed E-state index contributed by atoms with van der Waals surface area (Å²) in [5.41, 5.74) is 6.29. The molecule has 4 aromatic rings. The topological polar surface area (TPSA) is 131 Å². The maximum atomic E-state index is 14.2. The van der Waals surface area contributed by atoms with Gasteiger partial charge in [0.2, 0.25) is 5.91 Å².